The molecule has 0 amide bonds. The van der Waals surface area contributed by atoms with E-state index in [2.05, 4.69) is 52.5 Å². The van der Waals surface area contributed by atoms with E-state index in [0.717, 1.165) is 11.3 Å². The van der Waals surface area contributed by atoms with E-state index in [4.69, 9.17) is 5.11 Å². The van der Waals surface area contributed by atoms with Crippen LogP contribution in [-0.2, 0) is 5.75 Å². The molecule has 0 aliphatic carbocycles. The number of aliphatic hydroxyl groups excluding tert-OH is 1. The Hall–Kier alpha value is -1.67. The van der Waals surface area contributed by atoms with E-state index >= 15 is 0 Å². The monoisotopic (exact) mass is 313 g/mol. The molecule has 3 aromatic rings. The van der Waals surface area contributed by atoms with Crippen molar-refractivity contribution < 1.29 is 5.11 Å². The quantitative estimate of drug-likeness (QED) is 0.558. The Morgan fingerprint density at radius 3 is 3.00 bits per heavy atom. The van der Waals surface area contributed by atoms with Gasteiger partial charge < -0.3 is 10.1 Å². The van der Waals surface area contributed by atoms with E-state index in [1.54, 1.807) is 11.3 Å². The van der Waals surface area contributed by atoms with Crippen molar-refractivity contribution in [3.05, 3.63) is 52.2 Å². The number of nitrogens with one attached hydrogen (secondary N) is 1. The van der Waals surface area contributed by atoms with Gasteiger partial charge in [0.1, 0.15) is 0 Å². The first-order valence-electron chi connectivity index (χ1n) is 6.73. The van der Waals surface area contributed by atoms with Crippen LogP contribution in [0.4, 0.5) is 0 Å². The first kappa shape index (κ1) is 14.3. The molecule has 0 spiro atoms. The van der Waals surface area contributed by atoms with Crippen LogP contribution < -0.4 is 0 Å². The number of rotatable bonds is 4. The molecule has 0 aliphatic rings. The van der Waals surface area contributed by atoms with Crippen LogP contribution in [0.25, 0.3) is 10.9 Å². The van der Waals surface area contributed by atoms with Gasteiger partial charge in [0.25, 0.3) is 0 Å². The summed E-state index contributed by atoms with van der Waals surface area (Å²) >= 11 is 3.54. The molecular weight excluding hydrogens is 298 g/mol. The van der Waals surface area contributed by atoms with Crippen molar-refractivity contribution in [1.82, 2.24) is 4.98 Å². The Kier molecular flexibility index (Phi) is 4.66. The van der Waals surface area contributed by atoms with Crippen LogP contribution in [0.1, 0.15) is 16.9 Å². The predicted octanol–water partition coefficient (Wildman–Crippen LogP) is 4.26. The molecule has 21 heavy (non-hydrogen) atoms. The average molecular weight is 313 g/mol. The number of hydrogen-bond acceptors (Lipinski definition) is 3. The molecule has 0 unspecified atom stereocenters. The van der Waals surface area contributed by atoms with Crippen LogP contribution in [0.5, 0.6) is 0 Å². The van der Waals surface area contributed by atoms with Gasteiger partial charge in [-0.2, -0.15) is 0 Å². The summed E-state index contributed by atoms with van der Waals surface area (Å²) in [6.45, 7) is 0.125. The van der Waals surface area contributed by atoms with Gasteiger partial charge >= 0.3 is 0 Å². The van der Waals surface area contributed by atoms with Crippen LogP contribution in [0.3, 0.4) is 0 Å². The van der Waals surface area contributed by atoms with Crippen molar-refractivity contribution in [3.8, 4) is 11.8 Å². The highest BCUT2D eigenvalue weighted by atomic mass is 32.2. The van der Waals surface area contributed by atoms with E-state index in [-0.39, 0.29) is 6.61 Å². The molecule has 0 saturated heterocycles. The molecule has 1 aromatic carbocycles. The zero-order valence-electron chi connectivity index (χ0n) is 11.4. The number of thioether (sulfide) groups is 1. The lowest BCUT2D eigenvalue weighted by Gasteiger charge is -1.94. The van der Waals surface area contributed by atoms with Crippen LogP contribution in [0.2, 0.25) is 0 Å². The Bertz CT molecular complexity index is 759. The first-order chi connectivity index (χ1) is 10.3. The molecule has 2 aromatic heterocycles. The van der Waals surface area contributed by atoms with Crippen molar-refractivity contribution in [2.45, 2.75) is 17.2 Å². The lowest BCUT2D eigenvalue weighted by molar-refractivity contribution is 0.305. The van der Waals surface area contributed by atoms with Gasteiger partial charge in [-0.25, -0.2) is 0 Å². The van der Waals surface area contributed by atoms with E-state index in [9.17, 15) is 0 Å². The average Bonchev–Trinajstić information content (AvgIpc) is 3.11. The largest absolute Gasteiger partial charge is 0.395 e. The summed E-state index contributed by atoms with van der Waals surface area (Å²) in [4.78, 5) is 4.74. The molecule has 0 aliphatic heterocycles. The van der Waals surface area contributed by atoms with Gasteiger partial charge in [0.15, 0.2) is 0 Å². The number of aromatic nitrogens is 1. The SMILES string of the molecule is OCCC#Cc1csc(CSc2cc3ccccc3[nH]2)c1. The third kappa shape index (κ3) is 3.70. The minimum absolute atomic E-state index is 0.125. The van der Waals surface area contributed by atoms with Gasteiger partial charge in [0, 0.05) is 38.9 Å². The number of benzene rings is 1. The molecule has 2 nitrogen and oxygen atoms in total. The van der Waals surface area contributed by atoms with Gasteiger partial charge in [0.2, 0.25) is 0 Å². The maximum absolute atomic E-state index is 8.71. The molecule has 2 N–H and O–H groups in total. The van der Waals surface area contributed by atoms with Crippen molar-refractivity contribution >= 4 is 34.0 Å². The predicted molar refractivity (Wildman–Crippen MR) is 90.8 cm³/mol. The molecular formula is C17H15NOS2. The zero-order chi connectivity index (χ0) is 14.5. The Morgan fingerprint density at radius 2 is 2.14 bits per heavy atom. The second kappa shape index (κ2) is 6.86. The fourth-order valence-corrected chi connectivity index (χ4v) is 3.84. The Labute approximate surface area is 132 Å². The highest BCUT2D eigenvalue weighted by Crippen LogP contribution is 2.28. The van der Waals surface area contributed by atoms with E-state index in [0.29, 0.717) is 6.42 Å². The third-order valence-corrected chi connectivity index (χ3v) is 5.10. The summed E-state index contributed by atoms with van der Waals surface area (Å²) in [6.07, 6.45) is 0.537. The Morgan fingerprint density at radius 1 is 1.24 bits per heavy atom. The number of H-pyrrole nitrogens is 1. The van der Waals surface area contributed by atoms with Gasteiger partial charge in [-0.05, 0) is 18.2 Å². The Balaban J connectivity index is 1.63. The van der Waals surface area contributed by atoms with Crippen LogP contribution in [0, 0.1) is 11.8 Å². The molecule has 3 rings (SSSR count). The summed E-state index contributed by atoms with van der Waals surface area (Å²) in [5.41, 5.74) is 2.22. The molecule has 2 heterocycles. The number of aromatic amines is 1. The van der Waals surface area contributed by atoms with Gasteiger partial charge in [-0.1, -0.05) is 30.0 Å². The van der Waals surface area contributed by atoms with Crippen LogP contribution >= 0.6 is 23.1 Å². The van der Waals surface area contributed by atoms with Crippen LogP contribution in [0.15, 0.2) is 46.8 Å². The lowest BCUT2D eigenvalue weighted by atomic mass is 10.3. The molecule has 4 heteroatoms. The highest BCUT2D eigenvalue weighted by Gasteiger charge is 2.03. The third-order valence-electron chi connectivity index (χ3n) is 3.00. The summed E-state index contributed by atoms with van der Waals surface area (Å²) in [6, 6.07) is 12.6. The molecule has 106 valence electrons. The van der Waals surface area contributed by atoms with Crippen molar-refractivity contribution in [1.29, 1.82) is 0 Å². The number of thiophene rings is 1. The molecule has 0 radical (unpaired) electrons. The maximum Gasteiger partial charge on any atom is 0.0736 e. The summed E-state index contributed by atoms with van der Waals surface area (Å²) in [5.74, 6) is 6.96. The van der Waals surface area contributed by atoms with Gasteiger partial charge in [-0.15, -0.1) is 23.1 Å². The second-order valence-electron chi connectivity index (χ2n) is 4.59. The number of aliphatic hydroxyl groups is 1. The van der Waals surface area contributed by atoms with Crippen molar-refractivity contribution in [2.75, 3.05) is 6.61 Å². The lowest BCUT2D eigenvalue weighted by Crippen LogP contribution is -1.76. The topological polar surface area (TPSA) is 36.0 Å². The first-order valence-corrected chi connectivity index (χ1v) is 8.59. The van der Waals surface area contributed by atoms with E-state index < -0.39 is 0 Å². The second-order valence-corrected chi connectivity index (χ2v) is 6.60. The van der Waals surface area contributed by atoms with Crippen molar-refractivity contribution in [2.24, 2.45) is 0 Å². The normalized spacial score (nSPS) is 10.5. The molecule has 0 saturated carbocycles. The fourth-order valence-electron chi connectivity index (χ4n) is 2.02. The molecule has 0 bridgehead atoms. The highest BCUT2D eigenvalue weighted by molar-refractivity contribution is 7.98. The number of hydrogen-bond donors (Lipinski definition) is 2. The summed E-state index contributed by atoms with van der Waals surface area (Å²) in [5, 5.41) is 13.2. The minimum Gasteiger partial charge on any atom is -0.395 e. The minimum atomic E-state index is 0.125. The summed E-state index contributed by atoms with van der Waals surface area (Å²) in [7, 11) is 0. The summed E-state index contributed by atoms with van der Waals surface area (Å²) < 4.78 is 0. The van der Waals surface area contributed by atoms with Crippen LogP contribution in [-0.4, -0.2) is 16.7 Å². The van der Waals surface area contributed by atoms with Crippen molar-refractivity contribution in [3.63, 3.8) is 0 Å². The molecule has 0 atom stereocenters. The smallest absolute Gasteiger partial charge is 0.0736 e. The maximum atomic E-state index is 8.71. The standard InChI is InChI=1S/C17H15NOS2/c19-8-4-3-5-13-9-15(20-11-13)12-21-17-10-14-6-1-2-7-16(14)18-17/h1-2,6-7,9-11,18-19H,4,8,12H2. The number of para-hydroxylation sites is 1. The number of fused-ring (bicyclic) bond motifs is 1. The van der Waals surface area contributed by atoms with Gasteiger partial charge in [-0.3, -0.25) is 0 Å². The zero-order valence-corrected chi connectivity index (χ0v) is 13.1. The fraction of sp³-hybridized carbons (Fsp3) is 0.176. The van der Waals surface area contributed by atoms with E-state index in [1.165, 1.54) is 20.8 Å². The van der Waals surface area contributed by atoms with Gasteiger partial charge in [0.05, 0.1) is 11.6 Å². The molecule has 0 fully saturated rings. The van der Waals surface area contributed by atoms with E-state index in [1.807, 2.05) is 17.8 Å².